The summed E-state index contributed by atoms with van der Waals surface area (Å²) in [4.78, 5) is 95.3. The number of rotatable bonds is 9. The maximum atomic E-state index is 13.5. The van der Waals surface area contributed by atoms with Gasteiger partial charge in [-0.15, -0.1) is 0 Å². The Bertz CT molecular complexity index is 5110. The highest BCUT2D eigenvalue weighted by molar-refractivity contribution is 6.02. The summed E-state index contributed by atoms with van der Waals surface area (Å²) in [6.45, 7) is 12.5. The Morgan fingerprint density at radius 3 is 1.18 bits per heavy atom. The number of benzene rings is 3. The summed E-state index contributed by atoms with van der Waals surface area (Å²) in [5, 5.41) is 37.6. The van der Waals surface area contributed by atoms with Crippen LogP contribution < -0.4 is 16.0 Å². The van der Waals surface area contributed by atoms with Crippen LogP contribution >= 0.6 is 0 Å². The summed E-state index contributed by atoms with van der Waals surface area (Å²) in [6, 6.07) is 27.2. The number of halogens is 3. The molecule has 3 aliphatic rings. The molecule has 98 heavy (non-hydrogen) atoms. The van der Waals surface area contributed by atoms with Gasteiger partial charge in [-0.3, -0.25) is 43.2 Å². The Morgan fingerprint density at radius 2 is 0.827 bits per heavy atom. The largest absolute Gasteiger partial charge is 0.352 e. The molecule has 9 aromatic heterocycles. The number of imidazole rings is 3. The van der Waals surface area contributed by atoms with Gasteiger partial charge in [0.25, 0.3) is 17.7 Å². The molecule has 0 radical (unpaired) electrons. The Kier molecular flexibility index (Phi) is 16.5. The van der Waals surface area contributed by atoms with Gasteiger partial charge in [-0.2, -0.15) is 30.6 Å². The van der Waals surface area contributed by atoms with Gasteiger partial charge in [-0.1, -0.05) is 0 Å². The molecule has 0 unspecified atom stereocenters. The first-order valence-electron chi connectivity index (χ1n) is 31.1. The van der Waals surface area contributed by atoms with Crippen LogP contribution in [-0.4, -0.2) is 180 Å². The lowest BCUT2D eigenvalue weighted by atomic mass is 9.98. The fraction of sp³-hybridized carbons (Fsp3) is 0.250. The molecule has 12 heterocycles. The van der Waals surface area contributed by atoms with Gasteiger partial charge in [-0.25, -0.2) is 41.7 Å². The highest BCUT2D eigenvalue weighted by Crippen LogP contribution is 2.34. The second-order valence-electron chi connectivity index (χ2n) is 25.1. The highest BCUT2D eigenvalue weighted by atomic mass is 19.1. The molecule has 3 fully saturated rings. The number of aromatic nitrogens is 15. The topological polar surface area (TPSA) is 303 Å². The number of amides is 6. The lowest BCUT2D eigenvalue weighted by molar-refractivity contribution is -0.133. The third-order valence-electron chi connectivity index (χ3n) is 17.5. The van der Waals surface area contributed by atoms with Gasteiger partial charge in [0.15, 0.2) is 16.9 Å². The van der Waals surface area contributed by atoms with Gasteiger partial charge in [0, 0.05) is 111 Å². The molecule has 6 amide bonds. The van der Waals surface area contributed by atoms with E-state index in [-0.39, 0.29) is 70.0 Å². The van der Waals surface area contributed by atoms with Gasteiger partial charge < -0.3 is 30.7 Å². The maximum Gasteiger partial charge on any atom is 0.275 e. The number of piperazine rings is 3. The van der Waals surface area contributed by atoms with Gasteiger partial charge >= 0.3 is 0 Å². The van der Waals surface area contributed by atoms with Crippen molar-refractivity contribution >= 4 is 52.4 Å². The van der Waals surface area contributed by atoms with Crippen molar-refractivity contribution in [3.05, 3.63) is 181 Å². The number of hydrogen-bond acceptors (Lipinski definition) is 15. The SMILES string of the molecule is CC1(C)C(=O)NCCN1C(=O)c1cn2nc(-c3ccc(F)cc3)cc(-c3ccn[nH]3)c2n1.Cn1cc(-c2cc(-c3ccc(F)cc3)nn3cc(C(=O)N4CCNC(=O)C4(C)C)nc23)cn1.Cn1nccc1-c1cc(-c2ccc(F)cc2)nn2cc(C(=O)N3CCNC(=O)C3(C)C)nc12. The number of aromatic amines is 1. The normalized spacial score (nSPS) is 15.7. The molecule has 3 saturated heterocycles. The van der Waals surface area contributed by atoms with Gasteiger partial charge in [0.2, 0.25) is 17.7 Å². The van der Waals surface area contributed by atoms with E-state index in [9.17, 15) is 41.9 Å². The monoisotopic (exact) mass is 1330 g/mol. The minimum atomic E-state index is -0.997. The summed E-state index contributed by atoms with van der Waals surface area (Å²) < 4.78 is 48.3. The van der Waals surface area contributed by atoms with E-state index < -0.39 is 16.6 Å². The zero-order valence-corrected chi connectivity index (χ0v) is 54.3. The predicted octanol–water partition coefficient (Wildman–Crippen LogP) is 6.85. The fourth-order valence-corrected chi connectivity index (χ4v) is 11.9. The van der Waals surface area contributed by atoms with Crippen LogP contribution in [0.15, 0.2) is 147 Å². The van der Waals surface area contributed by atoms with E-state index in [1.54, 1.807) is 140 Å². The van der Waals surface area contributed by atoms with Crippen molar-refractivity contribution in [2.24, 2.45) is 14.1 Å². The molecule has 0 aliphatic carbocycles. The van der Waals surface area contributed by atoms with Crippen molar-refractivity contribution in [2.75, 3.05) is 39.3 Å². The molecule has 3 aliphatic heterocycles. The molecule has 12 aromatic rings. The number of H-pyrrole nitrogens is 1. The third-order valence-corrected chi connectivity index (χ3v) is 17.5. The van der Waals surface area contributed by atoms with E-state index in [1.165, 1.54) is 55.6 Å². The average molecular weight is 1330 g/mol. The number of hydrogen-bond donors (Lipinski definition) is 4. The van der Waals surface area contributed by atoms with Crippen molar-refractivity contribution in [3.63, 3.8) is 0 Å². The van der Waals surface area contributed by atoms with E-state index >= 15 is 0 Å². The van der Waals surface area contributed by atoms with Crippen molar-refractivity contribution in [1.82, 2.24) is 104 Å². The van der Waals surface area contributed by atoms with Crippen LogP contribution in [0.3, 0.4) is 0 Å². The van der Waals surface area contributed by atoms with Crippen LogP contribution in [0.2, 0.25) is 0 Å². The first-order valence-corrected chi connectivity index (χ1v) is 31.1. The summed E-state index contributed by atoms with van der Waals surface area (Å²) in [6.07, 6.45) is 11.5. The Labute approximate surface area is 556 Å². The molecule has 0 spiro atoms. The number of nitrogens with one attached hydrogen (secondary N) is 4. The lowest BCUT2D eigenvalue weighted by Gasteiger charge is -2.40. The first kappa shape index (κ1) is 64.5. The van der Waals surface area contributed by atoms with Crippen LogP contribution in [0.1, 0.15) is 73.0 Å². The standard InChI is InChI=1S/2C23H22FN7O2.C22H20FN7O2/c1-23(2)22(33)25-8-9-30(23)21(32)19-13-31-20(27-19)17(15-11-26-29(3)12-15)10-18(28-31)14-4-6-16(24)7-5-14;1-23(2)22(33)25-10-11-30(23)21(32)18-13-31-20(27-18)16(19-8-9-26-29(19)3)12-17(28-31)14-4-6-15(24)7-5-14;1-22(2)21(32)24-9-10-29(22)20(31)18-12-30-19(26-18)15(16-7-8-25-27-16)11-17(28-30)13-3-5-14(23)6-4-13/h4-7,10-13H,8-9H2,1-3H3,(H,25,33);4-9,12-13H,10-11H2,1-3H3,(H,25,33);3-8,11-12H,9-10H2,1-2H3,(H,24,32)(H,25,27). The number of carbonyl (C=O) groups is 6. The molecule has 0 saturated carbocycles. The summed E-state index contributed by atoms with van der Waals surface area (Å²) in [7, 11) is 3.63. The molecule has 498 valence electrons. The van der Waals surface area contributed by atoms with Crippen LogP contribution in [0, 0.1) is 17.5 Å². The highest BCUT2D eigenvalue weighted by Gasteiger charge is 2.44. The first-order chi connectivity index (χ1) is 46.8. The Balaban J connectivity index is 0.000000132. The lowest BCUT2D eigenvalue weighted by Crippen LogP contribution is -2.63. The fourth-order valence-electron chi connectivity index (χ4n) is 11.9. The van der Waals surface area contributed by atoms with Crippen LogP contribution in [0.4, 0.5) is 13.2 Å². The average Bonchev–Trinajstić information content (AvgIpc) is 1.62. The maximum absolute atomic E-state index is 13.5. The van der Waals surface area contributed by atoms with Crippen molar-refractivity contribution in [3.8, 4) is 67.4 Å². The summed E-state index contributed by atoms with van der Waals surface area (Å²) in [5.41, 5.74) is 7.32. The Morgan fingerprint density at radius 1 is 0.449 bits per heavy atom. The molecular formula is C68H64F3N21O6. The molecule has 0 atom stereocenters. The number of carbonyl (C=O) groups excluding carboxylic acids is 6. The molecule has 0 bridgehead atoms. The molecule has 4 N–H and O–H groups in total. The second-order valence-corrected chi connectivity index (χ2v) is 25.1. The number of fused-ring (bicyclic) bond motifs is 3. The van der Waals surface area contributed by atoms with Crippen molar-refractivity contribution < 1.29 is 41.9 Å². The van der Waals surface area contributed by atoms with Gasteiger partial charge in [0.05, 0.1) is 53.3 Å². The van der Waals surface area contributed by atoms with E-state index in [1.807, 2.05) is 44.6 Å². The molecular weight excluding hydrogens is 1260 g/mol. The quantitative estimate of drug-likeness (QED) is 0.115. The van der Waals surface area contributed by atoms with Crippen LogP contribution in [0.25, 0.3) is 84.4 Å². The van der Waals surface area contributed by atoms with E-state index in [0.29, 0.717) is 90.1 Å². The number of aryl methyl sites for hydroxylation is 2. The van der Waals surface area contributed by atoms with Crippen molar-refractivity contribution in [2.45, 2.75) is 58.2 Å². The molecule has 30 heteroatoms. The zero-order chi connectivity index (χ0) is 69.1. The predicted molar refractivity (Wildman–Crippen MR) is 352 cm³/mol. The second kappa shape index (κ2) is 25.2. The minimum Gasteiger partial charge on any atom is -0.352 e. The van der Waals surface area contributed by atoms with E-state index in [2.05, 4.69) is 66.6 Å². The number of nitrogens with zero attached hydrogens (tertiary/aromatic N) is 17. The summed E-state index contributed by atoms with van der Waals surface area (Å²) in [5.74, 6) is -2.69. The third kappa shape index (κ3) is 12.1. The minimum absolute atomic E-state index is 0.178. The molecule has 27 nitrogen and oxygen atoms in total. The van der Waals surface area contributed by atoms with Crippen molar-refractivity contribution in [1.29, 1.82) is 0 Å². The van der Waals surface area contributed by atoms with Gasteiger partial charge in [-0.05, 0) is 145 Å². The zero-order valence-electron chi connectivity index (χ0n) is 54.3. The Hall–Kier alpha value is -12.2. The molecule has 3 aromatic carbocycles. The smallest absolute Gasteiger partial charge is 0.275 e. The van der Waals surface area contributed by atoms with E-state index in [4.69, 9.17) is 0 Å². The van der Waals surface area contributed by atoms with Crippen LogP contribution in [0.5, 0.6) is 0 Å². The molecule has 15 rings (SSSR count). The van der Waals surface area contributed by atoms with Crippen LogP contribution in [-0.2, 0) is 28.5 Å². The van der Waals surface area contributed by atoms with E-state index in [0.717, 1.165) is 33.5 Å². The van der Waals surface area contributed by atoms with Gasteiger partial charge in [0.1, 0.15) is 51.2 Å². The summed E-state index contributed by atoms with van der Waals surface area (Å²) >= 11 is 0.